The Morgan fingerprint density at radius 3 is 2.21 bits per heavy atom. The smallest absolute Gasteiger partial charge is 0.153 e. The number of sulfone groups is 1. The lowest BCUT2D eigenvalue weighted by Crippen LogP contribution is -2.44. The summed E-state index contributed by atoms with van der Waals surface area (Å²) in [5, 5.41) is 3.35. The normalized spacial score (nSPS) is 20.2. The van der Waals surface area contributed by atoms with Crippen molar-refractivity contribution in [2.45, 2.75) is 50.3 Å². The maximum Gasteiger partial charge on any atom is 0.153 e. The highest BCUT2D eigenvalue weighted by molar-refractivity contribution is 7.92. The zero-order valence-electron chi connectivity index (χ0n) is 9.34. The molecule has 0 aromatic heterocycles. The number of rotatable bonds is 4. The van der Waals surface area contributed by atoms with E-state index in [0.29, 0.717) is 12.6 Å². The highest BCUT2D eigenvalue weighted by atomic mass is 32.2. The van der Waals surface area contributed by atoms with Crippen molar-refractivity contribution in [2.24, 2.45) is 0 Å². The Bertz CT molecular complexity index is 276. The van der Waals surface area contributed by atoms with Crippen LogP contribution >= 0.6 is 0 Å². The van der Waals surface area contributed by atoms with E-state index in [9.17, 15) is 8.42 Å². The molecule has 0 amide bonds. The maximum atomic E-state index is 11.4. The van der Waals surface area contributed by atoms with Crippen molar-refractivity contribution >= 4 is 9.84 Å². The molecule has 0 aliphatic heterocycles. The van der Waals surface area contributed by atoms with Crippen molar-refractivity contribution in [1.82, 2.24) is 5.32 Å². The van der Waals surface area contributed by atoms with Gasteiger partial charge in [0.25, 0.3) is 0 Å². The van der Waals surface area contributed by atoms with E-state index in [4.69, 9.17) is 0 Å². The first-order valence-electron chi connectivity index (χ1n) is 5.26. The van der Waals surface area contributed by atoms with Gasteiger partial charge >= 0.3 is 0 Å². The van der Waals surface area contributed by atoms with Gasteiger partial charge in [-0.05, 0) is 26.7 Å². The summed E-state index contributed by atoms with van der Waals surface area (Å²) in [5.41, 5.74) is 0. The van der Waals surface area contributed by atoms with Crippen LogP contribution in [0.2, 0.25) is 0 Å². The quantitative estimate of drug-likeness (QED) is 0.776. The zero-order chi connectivity index (χ0) is 10.8. The fraction of sp³-hybridized carbons (Fsp3) is 1.00. The molecule has 1 rings (SSSR count). The molecule has 0 saturated heterocycles. The third-order valence-electron chi connectivity index (χ3n) is 3.18. The van der Waals surface area contributed by atoms with Gasteiger partial charge in [-0.25, -0.2) is 8.42 Å². The molecule has 0 aromatic carbocycles. The first-order valence-corrected chi connectivity index (χ1v) is 7.15. The summed E-state index contributed by atoms with van der Waals surface area (Å²) in [6.45, 7) is 4.13. The molecule has 1 N–H and O–H groups in total. The number of hydrogen-bond donors (Lipinski definition) is 1. The van der Waals surface area contributed by atoms with Crippen LogP contribution in [-0.2, 0) is 9.84 Å². The van der Waals surface area contributed by atoms with Gasteiger partial charge in [0.2, 0.25) is 0 Å². The minimum Gasteiger partial charge on any atom is -0.312 e. The topological polar surface area (TPSA) is 46.2 Å². The molecule has 1 aliphatic carbocycles. The van der Waals surface area contributed by atoms with E-state index < -0.39 is 14.6 Å². The van der Waals surface area contributed by atoms with Crippen LogP contribution in [0.25, 0.3) is 0 Å². The third-order valence-corrected chi connectivity index (χ3v) is 5.33. The Hall–Kier alpha value is -0.0900. The molecule has 0 radical (unpaired) electrons. The largest absolute Gasteiger partial charge is 0.312 e. The van der Waals surface area contributed by atoms with Gasteiger partial charge in [0.05, 0.1) is 4.75 Å². The molecule has 0 spiro atoms. The van der Waals surface area contributed by atoms with Crippen LogP contribution in [0.5, 0.6) is 0 Å². The van der Waals surface area contributed by atoms with E-state index in [2.05, 4.69) is 5.32 Å². The average molecular weight is 219 g/mol. The minimum absolute atomic E-state index is 0.538. The van der Waals surface area contributed by atoms with Crippen molar-refractivity contribution in [3.8, 4) is 0 Å². The summed E-state index contributed by atoms with van der Waals surface area (Å²) in [4.78, 5) is 0. The summed E-state index contributed by atoms with van der Waals surface area (Å²) in [6, 6.07) is 0.538. The van der Waals surface area contributed by atoms with Crippen molar-refractivity contribution < 1.29 is 8.42 Å². The minimum atomic E-state index is -2.96. The molecule has 0 unspecified atom stereocenters. The van der Waals surface area contributed by atoms with Gasteiger partial charge in [0.1, 0.15) is 0 Å². The molecule has 1 saturated carbocycles. The second-order valence-electron chi connectivity index (χ2n) is 4.89. The molecule has 0 atom stereocenters. The summed E-state index contributed by atoms with van der Waals surface area (Å²) < 4.78 is 22.2. The van der Waals surface area contributed by atoms with Crippen molar-refractivity contribution in [1.29, 1.82) is 0 Å². The van der Waals surface area contributed by atoms with Crippen LogP contribution in [0.3, 0.4) is 0 Å². The van der Waals surface area contributed by atoms with Gasteiger partial charge in [-0.1, -0.05) is 12.8 Å². The molecule has 4 heteroatoms. The van der Waals surface area contributed by atoms with E-state index >= 15 is 0 Å². The Balaban J connectivity index is 2.43. The van der Waals surface area contributed by atoms with E-state index in [1.807, 2.05) is 0 Å². The van der Waals surface area contributed by atoms with Gasteiger partial charge in [0, 0.05) is 18.8 Å². The van der Waals surface area contributed by atoms with Gasteiger partial charge in [-0.3, -0.25) is 0 Å². The van der Waals surface area contributed by atoms with E-state index in [1.165, 1.54) is 31.9 Å². The summed E-state index contributed by atoms with van der Waals surface area (Å²) >= 11 is 0. The second-order valence-corrected chi connectivity index (χ2v) is 7.54. The van der Waals surface area contributed by atoms with Gasteiger partial charge in [-0.2, -0.15) is 0 Å². The molecule has 84 valence electrons. The SMILES string of the molecule is CC(C)(CNC1CCCC1)S(C)(=O)=O. The van der Waals surface area contributed by atoms with Crippen molar-refractivity contribution in [2.75, 3.05) is 12.8 Å². The Labute approximate surface area is 87.2 Å². The average Bonchev–Trinajstić information content (AvgIpc) is 2.50. The predicted octanol–water partition coefficient (Wildman–Crippen LogP) is 1.34. The van der Waals surface area contributed by atoms with E-state index in [-0.39, 0.29) is 0 Å². The number of hydrogen-bond acceptors (Lipinski definition) is 3. The first kappa shape index (κ1) is 12.0. The highest BCUT2D eigenvalue weighted by Crippen LogP contribution is 2.20. The van der Waals surface area contributed by atoms with Gasteiger partial charge in [-0.15, -0.1) is 0 Å². The predicted molar refractivity (Wildman–Crippen MR) is 59.2 cm³/mol. The molecule has 0 heterocycles. The van der Waals surface area contributed by atoms with E-state index in [0.717, 1.165) is 0 Å². The molecule has 1 aliphatic rings. The first-order chi connectivity index (χ1) is 6.33. The monoisotopic (exact) mass is 219 g/mol. The Kier molecular flexibility index (Phi) is 3.58. The van der Waals surface area contributed by atoms with E-state index in [1.54, 1.807) is 13.8 Å². The molecule has 0 aromatic rings. The van der Waals surface area contributed by atoms with Crippen LogP contribution in [0.1, 0.15) is 39.5 Å². The van der Waals surface area contributed by atoms with Crippen LogP contribution in [0.4, 0.5) is 0 Å². The second kappa shape index (κ2) is 4.19. The summed E-state index contributed by atoms with van der Waals surface area (Å²) in [5.74, 6) is 0. The zero-order valence-corrected chi connectivity index (χ0v) is 10.2. The highest BCUT2D eigenvalue weighted by Gasteiger charge is 2.30. The Morgan fingerprint density at radius 2 is 1.79 bits per heavy atom. The molecule has 14 heavy (non-hydrogen) atoms. The third kappa shape index (κ3) is 2.95. The standard InChI is InChI=1S/C10H21NO2S/c1-10(2,14(3,12)13)8-11-9-6-4-5-7-9/h9,11H,4-8H2,1-3H3. The lowest BCUT2D eigenvalue weighted by molar-refractivity contribution is 0.467. The summed E-state index contributed by atoms with van der Waals surface area (Å²) in [7, 11) is -2.96. The lowest BCUT2D eigenvalue weighted by Gasteiger charge is -2.25. The van der Waals surface area contributed by atoms with Crippen LogP contribution in [0, 0.1) is 0 Å². The van der Waals surface area contributed by atoms with Gasteiger partial charge < -0.3 is 5.32 Å². The molecular formula is C10H21NO2S. The van der Waals surface area contributed by atoms with Crippen LogP contribution in [0.15, 0.2) is 0 Å². The molecule has 1 fully saturated rings. The Morgan fingerprint density at radius 1 is 1.29 bits per heavy atom. The molecule has 0 bridgehead atoms. The fourth-order valence-corrected chi connectivity index (χ4v) is 2.00. The maximum absolute atomic E-state index is 11.4. The molecule has 3 nitrogen and oxygen atoms in total. The molecular weight excluding hydrogens is 198 g/mol. The van der Waals surface area contributed by atoms with Crippen molar-refractivity contribution in [3.63, 3.8) is 0 Å². The van der Waals surface area contributed by atoms with Gasteiger partial charge in [0.15, 0.2) is 9.84 Å². The lowest BCUT2D eigenvalue weighted by atomic mass is 10.2. The summed E-state index contributed by atoms with van der Waals surface area (Å²) in [6.07, 6.45) is 6.25. The van der Waals surface area contributed by atoms with Crippen molar-refractivity contribution in [3.05, 3.63) is 0 Å². The fourth-order valence-electron chi connectivity index (χ4n) is 1.65. The van der Waals surface area contributed by atoms with Crippen LogP contribution in [-0.4, -0.2) is 32.0 Å². The number of nitrogens with one attached hydrogen (secondary N) is 1. The van der Waals surface area contributed by atoms with Crippen LogP contribution < -0.4 is 5.32 Å².